The van der Waals surface area contributed by atoms with Gasteiger partial charge in [0.2, 0.25) is 11.8 Å². The fraction of sp³-hybridized carbons (Fsp3) is 0.346. The van der Waals surface area contributed by atoms with Gasteiger partial charge in [0.05, 0.1) is 18.3 Å². The van der Waals surface area contributed by atoms with E-state index in [1.54, 1.807) is 6.08 Å². The number of ketones is 2. The van der Waals surface area contributed by atoms with E-state index < -0.39 is 53.0 Å². The number of likely N-dealkylation sites (tertiary alicyclic amines) is 1. The second-order valence-electron chi connectivity index (χ2n) is 9.41. The quantitative estimate of drug-likeness (QED) is 0.386. The Kier molecular flexibility index (Phi) is 5.30. The summed E-state index contributed by atoms with van der Waals surface area (Å²) in [5, 5.41) is 18.7. The molecule has 0 bridgehead atoms. The zero-order chi connectivity index (χ0) is 25.2. The summed E-state index contributed by atoms with van der Waals surface area (Å²) in [7, 11) is 0. The van der Waals surface area contributed by atoms with Crippen LogP contribution in [0.5, 0.6) is 5.75 Å². The molecule has 1 heterocycles. The summed E-state index contributed by atoms with van der Waals surface area (Å²) in [5.41, 5.74) is 1.76. The Morgan fingerprint density at radius 3 is 2.57 bits per heavy atom. The predicted molar refractivity (Wildman–Crippen MR) is 118 cm³/mol. The number of hydrogen-bond donors (Lipinski definition) is 2. The third kappa shape index (κ3) is 3.45. The minimum atomic E-state index is -1.13. The Morgan fingerprint density at radius 2 is 1.89 bits per heavy atom. The third-order valence-corrected chi connectivity index (χ3v) is 7.51. The zero-order valence-corrected chi connectivity index (χ0v) is 18.8. The highest BCUT2D eigenvalue weighted by molar-refractivity contribution is 6.23. The first-order chi connectivity index (χ1) is 16.6. The van der Waals surface area contributed by atoms with Gasteiger partial charge in [-0.15, -0.1) is 0 Å². The van der Waals surface area contributed by atoms with Crippen LogP contribution in [0, 0.1) is 23.6 Å². The average molecular weight is 479 g/mol. The van der Waals surface area contributed by atoms with Crippen LogP contribution in [0.15, 0.2) is 52.6 Å². The minimum Gasteiger partial charge on any atom is -0.505 e. The van der Waals surface area contributed by atoms with Crippen LogP contribution in [0.1, 0.15) is 37.7 Å². The zero-order valence-electron chi connectivity index (χ0n) is 18.8. The summed E-state index contributed by atoms with van der Waals surface area (Å²) >= 11 is 0. The van der Waals surface area contributed by atoms with Gasteiger partial charge >= 0.3 is 5.97 Å². The fourth-order valence-corrected chi connectivity index (χ4v) is 5.94. The molecule has 2 N–H and O–H groups in total. The van der Waals surface area contributed by atoms with E-state index in [2.05, 4.69) is 0 Å². The van der Waals surface area contributed by atoms with Crippen molar-refractivity contribution in [1.29, 1.82) is 0 Å². The molecule has 9 heteroatoms. The second-order valence-corrected chi connectivity index (χ2v) is 9.41. The highest BCUT2D eigenvalue weighted by Crippen LogP contribution is 2.55. The van der Waals surface area contributed by atoms with E-state index >= 15 is 0 Å². The number of fused-ring (bicyclic) bond motifs is 3. The van der Waals surface area contributed by atoms with E-state index in [9.17, 15) is 33.5 Å². The molecule has 0 radical (unpaired) electrons. The summed E-state index contributed by atoms with van der Waals surface area (Å²) in [6.45, 7) is 1.30. The van der Waals surface area contributed by atoms with Crippen LogP contribution in [-0.4, -0.2) is 51.0 Å². The van der Waals surface area contributed by atoms with Gasteiger partial charge in [-0.05, 0) is 49.5 Å². The summed E-state index contributed by atoms with van der Waals surface area (Å²) in [5.74, 6) is -7.06. The molecule has 0 saturated carbocycles. The Labute approximate surface area is 199 Å². The minimum absolute atomic E-state index is 0.0829. The highest BCUT2D eigenvalue weighted by atomic mass is 19.1. The maximum absolute atomic E-state index is 14.4. The number of Topliss-reactive ketones (excluding diaryl/α,β-unsaturated/α-hetero) is 1. The number of carboxylic acids is 1. The van der Waals surface area contributed by atoms with Crippen LogP contribution in [0.2, 0.25) is 0 Å². The molecular formula is C26H22FNO7. The van der Waals surface area contributed by atoms with Crippen LogP contribution in [0.4, 0.5) is 4.39 Å². The van der Waals surface area contributed by atoms with Crippen molar-refractivity contribution >= 4 is 29.4 Å². The molecule has 0 aromatic heterocycles. The predicted octanol–water partition coefficient (Wildman–Crippen LogP) is 2.44. The lowest BCUT2D eigenvalue weighted by Gasteiger charge is -2.42. The maximum Gasteiger partial charge on any atom is 0.305 e. The topological polar surface area (TPSA) is 129 Å². The lowest BCUT2D eigenvalue weighted by Crippen LogP contribution is -2.40. The average Bonchev–Trinajstić information content (AvgIpc) is 3.06. The molecule has 1 aromatic carbocycles. The molecule has 3 aliphatic carbocycles. The number of hydrogen-bond acceptors (Lipinski definition) is 6. The molecule has 1 aliphatic heterocycles. The van der Waals surface area contributed by atoms with Crippen molar-refractivity contribution in [2.45, 2.75) is 32.1 Å². The number of carbonyl (C=O) groups excluding carboxylic acids is 4. The van der Waals surface area contributed by atoms with Gasteiger partial charge in [0, 0.05) is 29.2 Å². The number of phenols is 1. The van der Waals surface area contributed by atoms with Gasteiger partial charge in [0.1, 0.15) is 0 Å². The lowest BCUT2D eigenvalue weighted by atomic mass is 9.59. The molecule has 1 aromatic rings. The number of allylic oxidation sites excluding steroid dienone is 6. The van der Waals surface area contributed by atoms with E-state index in [0.29, 0.717) is 11.1 Å². The van der Waals surface area contributed by atoms with Crippen LogP contribution in [0.25, 0.3) is 0 Å². The molecule has 2 amide bonds. The van der Waals surface area contributed by atoms with Crippen LogP contribution in [0.3, 0.4) is 0 Å². The molecule has 35 heavy (non-hydrogen) atoms. The first-order valence-electron chi connectivity index (χ1n) is 11.4. The molecule has 4 aliphatic rings. The number of halogens is 1. The molecule has 1 fully saturated rings. The molecule has 4 atom stereocenters. The fourth-order valence-electron chi connectivity index (χ4n) is 5.94. The first kappa shape index (κ1) is 22.9. The summed E-state index contributed by atoms with van der Waals surface area (Å²) in [4.78, 5) is 64.5. The van der Waals surface area contributed by atoms with Crippen molar-refractivity contribution in [3.8, 4) is 5.75 Å². The second kappa shape index (κ2) is 8.11. The van der Waals surface area contributed by atoms with Gasteiger partial charge in [-0.2, -0.15) is 0 Å². The van der Waals surface area contributed by atoms with Gasteiger partial charge < -0.3 is 10.2 Å². The van der Waals surface area contributed by atoms with E-state index in [-0.39, 0.29) is 54.1 Å². The SMILES string of the molecule is CC1=CC(=O)C2=C(C1=O)[C@@H](c1ccc(O)c(F)c1)C1=CC[C@@H]3C(=O)N(CCC(=O)O)C(=O)[C@@H]3[C@@H]1C2. The number of nitrogens with zero attached hydrogens (tertiary/aromatic N) is 1. The maximum atomic E-state index is 14.4. The third-order valence-electron chi connectivity index (χ3n) is 7.51. The molecule has 0 spiro atoms. The molecule has 8 nitrogen and oxygen atoms in total. The van der Waals surface area contributed by atoms with E-state index in [0.717, 1.165) is 11.0 Å². The van der Waals surface area contributed by atoms with Crippen molar-refractivity contribution < 1.29 is 38.6 Å². The van der Waals surface area contributed by atoms with Crippen molar-refractivity contribution in [3.05, 3.63) is 64.0 Å². The number of aliphatic carboxylic acids is 1. The summed E-state index contributed by atoms with van der Waals surface area (Å²) in [6, 6.07) is 3.78. The highest BCUT2D eigenvalue weighted by Gasteiger charge is 2.56. The number of benzene rings is 1. The normalized spacial score (nSPS) is 27.9. The molecule has 5 rings (SSSR count). The smallest absolute Gasteiger partial charge is 0.305 e. The molecular weight excluding hydrogens is 457 g/mol. The van der Waals surface area contributed by atoms with E-state index in [4.69, 9.17) is 5.11 Å². The van der Waals surface area contributed by atoms with Crippen molar-refractivity contribution in [2.24, 2.45) is 17.8 Å². The van der Waals surface area contributed by atoms with Crippen LogP contribution < -0.4 is 0 Å². The van der Waals surface area contributed by atoms with Crippen LogP contribution in [-0.2, 0) is 24.0 Å². The van der Waals surface area contributed by atoms with Gasteiger partial charge in [-0.25, -0.2) is 4.39 Å². The molecule has 180 valence electrons. The Bertz CT molecular complexity index is 1320. The number of carbonyl (C=O) groups is 5. The first-order valence-corrected chi connectivity index (χ1v) is 11.4. The number of amides is 2. The molecule has 1 saturated heterocycles. The van der Waals surface area contributed by atoms with Gasteiger partial charge in [0.15, 0.2) is 23.1 Å². The Morgan fingerprint density at radius 1 is 1.14 bits per heavy atom. The number of imide groups is 1. The number of carboxylic acid groups (broad SMARTS) is 1. The van der Waals surface area contributed by atoms with Gasteiger partial charge in [-0.1, -0.05) is 17.7 Å². The summed E-state index contributed by atoms with van der Waals surface area (Å²) in [6.07, 6.45) is 2.97. The number of rotatable bonds is 4. The monoisotopic (exact) mass is 479 g/mol. The van der Waals surface area contributed by atoms with Crippen molar-refractivity contribution in [2.75, 3.05) is 6.54 Å². The number of phenolic OH excluding ortho intramolecular Hbond substituents is 1. The Balaban J connectivity index is 1.63. The largest absolute Gasteiger partial charge is 0.505 e. The van der Waals surface area contributed by atoms with E-state index in [1.165, 1.54) is 25.1 Å². The Hall–Kier alpha value is -3.88. The standard InChI is InChI=1S/C26H22FNO7/c1-11-8-19(30)16-10-15-13(21(23(16)24(11)33)12-2-5-18(29)17(27)9-12)3-4-14-22(15)26(35)28(25(14)34)7-6-20(31)32/h2-3,5,8-9,14-15,21-22,29H,4,6-7,10H2,1H3,(H,31,32)/t14-,15+,21-,22-/m0/s1. The lowest BCUT2D eigenvalue weighted by molar-refractivity contribution is -0.142. The molecule has 0 unspecified atom stereocenters. The van der Waals surface area contributed by atoms with Gasteiger partial charge in [0.25, 0.3) is 0 Å². The van der Waals surface area contributed by atoms with Crippen LogP contribution >= 0.6 is 0 Å². The van der Waals surface area contributed by atoms with Crippen molar-refractivity contribution in [3.63, 3.8) is 0 Å². The van der Waals surface area contributed by atoms with Gasteiger partial charge in [-0.3, -0.25) is 28.9 Å². The summed E-state index contributed by atoms with van der Waals surface area (Å²) < 4.78 is 14.4. The number of aromatic hydroxyl groups is 1. The van der Waals surface area contributed by atoms with E-state index in [1.807, 2.05) is 0 Å². The van der Waals surface area contributed by atoms with Crippen molar-refractivity contribution in [1.82, 2.24) is 4.90 Å².